The number of anilines is 1. The molecule has 0 aromatic heterocycles. The van der Waals surface area contributed by atoms with Gasteiger partial charge in [-0.05, 0) is 31.5 Å². The fourth-order valence-electron chi connectivity index (χ4n) is 1.96. The average Bonchev–Trinajstić information content (AvgIpc) is 2.91. The zero-order chi connectivity index (χ0) is 13.7. The molecular formula is C13H17N3O3. The van der Waals surface area contributed by atoms with Gasteiger partial charge in [0.25, 0.3) is 5.91 Å². The van der Waals surface area contributed by atoms with E-state index in [1.165, 1.54) is 0 Å². The second-order valence-electron chi connectivity index (χ2n) is 4.42. The minimum absolute atomic E-state index is 0.0513. The molecule has 1 aliphatic rings. The summed E-state index contributed by atoms with van der Waals surface area (Å²) in [6, 6.07) is 6.75. The summed E-state index contributed by atoms with van der Waals surface area (Å²) in [7, 11) is 0. The Morgan fingerprint density at radius 2 is 2.32 bits per heavy atom. The molecule has 1 saturated heterocycles. The molecule has 4 N–H and O–H groups in total. The van der Waals surface area contributed by atoms with Crippen molar-refractivity contribution in [3.8, 4) is 5.75 Å². The molecule has 6 nitrogen and oxygen atoms in total. The Morgan fingerprint density at radius 3 is 3.00 bits per heavy atom. The highest BCUT2D eigenvalue weighted by molar-refractivity contribution is 5.95. The maximum absolute atomic E-state index is 11.9. The van der Waals surface area contributed by atoms with E-state index in [0.29, 0.717) is 11.4 Å². The fourth-order valence-corrected chi connectivity index (χ4v) is 1.96. The molecule has 6 heteroatoms. The second kappa shape index (κ2) is 6.19. The Balaban J connectivity index is 1.94. The van der Waals surface area contributed by atoms with Gasteiger partial charge in [-0.25, -0.2) is 0 Å². The first-order chi connectivity index (χ1) is 9.15. The number of nitrogens with two attached hydrogens (primary N) is 1. The third-order valence-electron chi connectivity index (χ3n) is 2.86. The minimum atomic E-state index is -0.537. The summed E-state index contributed by atoms with van der Waals surface area (Å²) in [5.41, 5.74) is 5.64. The predicted octanol–water partition coefficient (Wildman–Crippen LogP) is 0.241. The molecule has 1 fully saturated rings. The van der Waals surface area contributed by atoms with Crippen LogP contribution >= 0.6 is 0 Å². The van der Waals surface area contributed by atoms with Crippen LogP contribution in [0.3, 0.4) is 0 Å². The lowest BCUT2D eigenvalue weighted by Gasteiger charge is -2.12. The molecule has 0 unspecified atom stereocenters. The molecule has 1 atom stereocenters. The average molecular weight is 263 g/mol. The van der Waals surface area contributed by atoms with Gasteiger partial charge in [0.1, 0.15) is 5.75 Å². The van der Waals surface area contributed by atoms with Gasteiger partial charge < -0.3 is 21.1 Å². The number of benzene rings is 1. The van der Waals surface area contributed by atoms with Gasteiger partial charge in [0.05, 0.1) is 6.04 Å². The highest BCUT2D eigenvalue weighted by Crippen LogP contribution is 2.18. The number of hydrogen-bond acceptors (Lipinski definition) is 4. The Bertz CT molecular complexity index is 470. The molecule has 2 amide bonds. The van der Waals surface area contributed by atoms with Gasteiger partial charge in [-0.3, -0.25) is 9.59 Å². The monoisotopic (exact) mass is 263 g/mol. The smallest absolute Gasteiger partial charge is 0.255 e. The number of rotatable bonds is 5. The largest absolute Gasteiger partial charge is 0.484 e. The Labute approximate surface area is 111 Å². The van der Waals surface area contributed by atoms with Gasteiger partial charge in [-0.15, -0.1) is 0 Å². The molecule has 1 aromatic rings. The number of ether oxygens (including phenoxy) is 1. The van der Waals surface area contributed by atoms with Crippen LogP contribution in [-0.2, 0) is 9.59 Å². The lowest BCUT2D eigenvalue weighted by Crippen LogP contribution is -2.35. The molecule has 0 aliphatic carbocycles. The predicted molar refractivity (Wildman–Crippen MR) is 70.8 cm³/mol. The number of hydrogen-bond donors (Lipinski definition) is 3. The quantitative estimate of drug-likeness (QED) is 0.709. The third-order valence-corrected chi connectivity index (χ3v) is 2.86. The molecule has 1 aliphatic heterocycles. The van der Waals surface area contributed by atoms with E-state index >= 15 is 0 Å². The van der Waals surface area contributed by atoms with Crippen LogP contribution in [0.2, 0.25) is 0 Å². The van der Waals surface area contributed by atoms with Crippen molar-refractivity contribution in [2.24, 2.45) is 5.73 Å². The summed E-state index contributed by atoms with van der Waals surface area (Å²) in [5.74, 6) is -0.0925. The van der Waals surface area contributed by atoms with Crippen molar-refractivity contribution in [3.63, 3.8) is 0 Å². The molecule has 102 valence electrons. The van der Waals surface area contributed by atoms with Crippen LogP contribution in [0.1, 0.15) is 12.8 Å². The van der Waals surface area contributed by atoms with Crippen LogP contribution in [0.4, 0.5) is 5.69 Å². The normalized spacial score (nSPS) is 18.0. The lowest BCUT2D eigenvalue weighted by molar-refractivity contribution is -0.120. The topological polar surface area (TPSA) is 93.5 Å². The summed E-state index contributed by atoms with van der Waals surface area (Å²) < 4.78 is 5.17. The van der Waals surface area contributed by atoms with E-state index in [9.17, 15) is 9.59 Å². The van der Waals surface area contributed by atoms with E-state index in [-0.39, 0.29) is 18.6 Å². The van der Waals surface area contributed by atoms with Crippen LogP contribution in [-0.4, -0.2) is 31.0 Å². The molecule has 0 bridgehead atoms. The Morgan fingerprint density at radius 1 is 1.47 bits per heavy atom. The number of carbonyl (C=O) groups excluding carboxylic acids is 2. The zero-order valence-electron chi connectivity index (χ0n) is 10.5. The summed E-state index contributed by atoms with van der Waals surface area (Å²) in [5, 5.41) is 5.94. The van der Waals surface area contributed by atoms with Gasteiger partial charge in [-0.2, -0.15) is 0 Å². The number of primary amides is 1. The van der Waals surface area contributed by atoms with E-state index < -0.39 is 5.91 Å². The Kier molecular flexibility index (Phi) is 4.35. The van der Waals surface area contributed by atoms with Gasteiger partial charge in [-0.1, -0.05) is 6.07 Å². The number of carbonyl (C=O) groups is 2. The molecule has 19 heavy (non-hydrogen) atoms. The third kappa shape index (κ3) is 3.96. The van der Waals surface area contributed by atoms with E-state index in [2.05, 4.69) is 10.6 Å². The van der Waals surface area contributed by atoms with Crippen LogP contribution in [0.15, 0.2) is 24.3 Å². The number of amides is 2. The molecule has 2 rings (SSSR count). The standard InChI is InChI=1S/C13H17N3O3/c14-12(17)8-19-10-4-1-3-9(7-10)16-13(18)11-5-2-6-15-11/h1,3-4,7,11,15H,2,5-6,8H2,(H2,14,17)(H,16,18)/t11-/m0/s1. The molecule has 1 aromatic carbocycles. The highest BCUT2D eigenvalue weighted by Gasteiger charge is 2.21. The molecule has 0 radical (unpaired) electrons. The molecule has 0 saturated carbocycles. The molecule has 0 spiro atoms. The van der Waals surface area contributed by atoms with Crippen molar-refractivity contribution in [1.29, 1.82) is 0 Å². The van der Waals surface area contributed by atoms with Crippen LogP contribution in [0.5, 0.6) is 5.75 Å². The fraction of sp³-hybridized carbons (Fsp3) is 0.385. The van der Waals surface area contributed by atoms with E-state index in [4.69, 9.17) is 10.5 Å². The first-order valence-corrected chi connectivity index (χ1v) is 6.20. The van der Waals surface area contributed by atoms with Gasteiger partial charge >= 0.3 is 0 Å². The van der Waals surface area contributed by atoms with Crippen LogP contribution < -0.4 is 21.1 Å². The van der Waals surface area contributed by atoms with E-state index in [1.54, 1.807) is 24.3 Å². The maximum atomic E-state index is 11.9. The minimum Gasteiger partial charge on any atom is -0.484 e. The summed E-state index contributed by atoms with van der Waals surface area (Å²) in [6.45, 7) is 0.696. The van der Waals surface area contributed by atoms with Crippen LogP contribution in [0, 0.1) is 0 Å². The zero-order valence-corrected chi connectivity index (χ0v) is 10.5. The summed E-state index contributed by atoms with van der Waals surface area (Å²) in [6.07, 6.45) is 1.86. The van der Waals surface area contributed by atoms with Gasteiger partial charge in [0, 0.05) is 11.8 Å². The Hall–Kier alpha value is -2.08. The first-order valence-electron chi connectivity index (χ1n) is 6.20. The van der Waals surface area contributed by atoms with Gasteiger partial charge in [0.2, 0.25) is 5.91 Å². The SMILES string of the molecule is NC(=O)COc1cccc(NC(=O)[C@@H]2CCCN2)c1. The molecule has 1 heterocycles. The summed E-state index contributed by atoms with van der Waals surface area (Å²) in [4.78, 5) is 22.5. The van der Waals surface area contributed by atoms with Crippen molar-refractivity contribution in [2.75, 3.05) is 18.5 Å². The van der Waals surface area contributed by atoms with Crippen molar-refractivity contribution < 1.29 is 14.3 Å². The lowest BCUT2D eigenvalue weighted by atomic mass is 10.2. The van der Waals surface area contributed by atoms with Crippen molar-refractivity contribution in [3.05, 3.63) is 24.3 Å². The van der Waals surface area contributed by atoms with Crippen molar-refractivity contribution in [2.45, 2.75) is 18.9 Å². The van der Waals surface area contributed by atoms with Crippen molar-refractivity contribution in [1.82, 2.24) is 5.32 Å². The van der Waals surface area contributed by atoms with Crippen molar-refractivity contribution >= 4 is 17.5 Å². The second-order valence-corrected chi connectivity index (χ2v) is 4.42. The van der Waals surface area contributed by atoms with Crippen LogP contribution in [0.25, 0.3) is 0 Å². The highest BCUT2D eigenvalue weighted by atomic mass is 16.5. The summed E-state index contributed by atoms with van der Waals surface area (Å²) >= 11 is 0. The first kappa shape index (κ1) is 13.4. The maximum Gasteiger partial charge on any atom is 0.255 e. The number of nitrogens with one attached hydrogen (secondary N) is 2. The van der Waals surface area contributed by atoms with E-state index in [1.807, 2.05) is 0 Å². The van der Waals surface area contributed by atoms with Gasteiger partial charge in [0.15, 0.2) is 6.61 Å². The molecular weight excluding hydrogens is 246 g/mol. The van der Waals surface area contributed by atoms with E-state index in [0.717, 1.165) is 19.4 Å².